The molecule has 0 atom stereocenters. The van der Waals surface area contributed by atoms with E-state index in [9.17, 15) is 4.79 Å². The van der Waals surface area contributed by atoms with Crippen molar-refractivity contribution in [2.75, 3.05) is 31.5 Å². The first-order chi connectivity index (χ1) is 13.6. The lowest BCUT2D eigenvalue weighted by molar-refractivity contribution is 0.142. The van der Waals surface area contributed by atoms with Crippen molar-refractivity contribution < 1.29 is 4.79 Å². The van der Waals surface area contributed by atoms with Crippen molar-refractivity contribution >= 4 is 57.6 Å². The summed E-state index contributed by atoms with van der Waals surface area (Å²) >= 11 is 15.3. The number of carbonyl (C=O) groups excluding carboxylic acids is 1. The van der Waals surface area contributed by atoms with E-state index in [1.165, 1.54) is 5.56 Å². The summed E-state index contributed by atoms with van der Waals surface area (Å²) in [5.41, 5.74) is 2.91. The Morgan fingerprint density at radius 2 is 1.93 bits per heavy atom. The summed E-state index contributed by atoms with van der Waals surface area (Å²) in [6.45, 7) is 3.80. The zero-order valence-corrected chi connectivity index (χ0v) is 18.0. The predicted octanol–water partition coefficient (Wildman–Crippen LogP) is 5.53. The minimum Gasteiger partial charge on any atom is -0.322 e. The monoisotopic (exact) mass is 452 g/mol. The first-order valence-electron chi connectivity index (χ1n) is 8.79. The average Bonchev–Trinajstić information content (AvgIpc) is 3.37. The van der Waals surface area contributed by atoms with Crippen LogP contribution in [-0.2, 0) is 6.54 Å². The molecule has 4 rings (SSSR count). The van der Waals surface area contributed by atoms with Crippen LogP contribution in [0.1, 0.15) is 5.69 Å². The second-order valence-corrected chi connectivity index (χ2v) is 8.93. The largest absolute Gasteiger partial charge is 0.322 e. The highest BCUT2D eigenvalue weighted by Crippen LogP contribution is 2.27. The normalized spacial score (nSPS) is 15.0. The maximum Gasteiger partial charge on any atom is 0.321 e. The molecule has 0 spiro atoms. The second kappa shape index (κ2) is 8.80. The molecular weight excluding hydrogens is 435 g/mol. The summed E-state index contributed by atoms with van der Waals surface area (Å²) in [7, 11) is 0. The van der Waals surface area contributed by atoms with Gasteiger partial charge in [-0.15, -0.1) is 11.3 Å². The standard InChI is InChI=1S/C19H18Cl2N4OS2/c20-16-2-1-14(9-17(16)21)23-19(26)25-6-4-24(5-7-25)10-15-12-28-18(22-15)13-3-8-27-11-13/h1-3,8-9,11-12H,4-7,10H2,(H,23,26). The Hall–Kier alpha value is -1.64. The van der Waals surface area contributed by atoms with Crippen LogP contribution in [0, 0.1) is 0 Å². The molecule has 1 aromatic carbocycles. The molecule has 1 fully saturated rings. The van der Waals surface area contributed by atoms with E-state index in [2.05, 4.69) is 32.4 Å². The number of thiazole rings is 1. The number of benzene rings is 1. The van der Waals surface area contributed by atoms with Crippen LogP contribution in [0.25, 0.3) is 10.6 Å². The van der Waals surface area contributed by atoms with Gasteiger partial charge in [0.25, 0.3) is 0 Å². The molecule has 3 aromatic rings. The molecule has 5 nitrogen and oxygen atoms in total. The molecule has 3 heterocycles. The zero-order valence-electron chi connectivity index (χ0n) is 14.9. The van der Waals surface area contributed by atoms with Crippen LogP contribution in [0.5, 0.6) is 0 Å². The number of anilines is 1. The molecular formula is C19H18Cl2N4OS2. The van der Waals surface area contributed by atoms with Gasteiger partial charge in [-0.25, -0.2) is 9.78 Å². The SMILES string of the molecule is O=C(Nc1ccc(Cl)c(Cl)c1)N1CCN(Cc2csc(-c3ccsc3)n2)CC1. The van der Waals surface area contributed by atoms with Gasteiger partial charge in [0.1, 0.15) is 5.01 Å². The maximum atomic E-state index is 12.5. The average molecular weight is 453 g/mol. The minimum absolute atomic E-state index is 0.119. The predicted molar refractivity (Wildman–Crippen MR) is 118 cm³/mol. The fraction of sp³-hybridized carbons (Fsp3) is 0.263. The summed E-state index contributed by atoms with van der Waals surface area (Å²) < 4.78 is 0. The van der Waals surface area contributed by atoms with Gasteiger partial charge in [0.05, 0.1) is 15.7 Å². The number of carbonyl (C=O) groups is 1. The number of amides is 2. The van der Waals surface area contributed by atoms with Gasteiger partial charge in [-0.1, -0.05) is 23.2 Å². The number of hydrogen-bond donors (Lipinski definition) is 1. The Morgan fingerprint density at radius 1 is 1.11 bits per heavy atom. The number of halogens is 2. The smallest absolute Gasteiger partial charge is 0.321 e. The van der Waals surface area contributed by atoms with Crippen molar-refractivity contribution in [2.24, 2.45) is 0 Å². The lowest BCUT2D eigenvalue weighted by Gasteiger charge is -2.34. The molecule has 1 aliphatic heterocycles. The number of nitrogens with zero attached hydrogens (tertiary/aromatic N) is 3. The molecule has 28 heavy (non-hydrogen) atoms. The lowest BCUT2D eigenvalue weighted by atomic mass is 10.3. The number of piperazine rings is 1. The van der Waals surface area contributed by atoms with Gasteiger partial charge in [-0.05, 0) is 29.6 Å². The Morgan fingerprint density at radius 3 is 2.64 bits per heavy atom. The highest BCUT2D eigenvalue weighted by molar-refractivity contribution is 7.14. The van der Waals surface area contributed by atoms with Gasteiger partial charge in [0.2, 0.25) is 0 Å². The number of rotatable bonds is 4. The Labute approximate surface area is 181 Å². The van der Waals surface area contributed by atoms with Crippen LogP contribution in [0.4, 0.5) is 10.5 Å². The van der Waals surface area contributed by atoms with Crippen molar-refractivity contribution in [1.29, 1.82) is 0 Å². The van der Waals surface area contributed by atoms with Crippen LogP contribution >= 0.6 is 45.9 Å². The number of nitrogens with one attached hydrogen (secondary N) is 1. The van der Waals surface area contributed by atoms with Gasteiger partial charge in [-0.2, -0.15) is 11.3 Å². The maximum absolute atomic E-state index is 12.5. The first-order valence-corrected chi connectivity index (χ1v) is 11.4. The number of aromatic nitrogens is 1. The van der Waals surface area contributed by atoms with E-state index in [1.807, 2.05) is 4.90 Å². The minimum atomic E-state index is -0.119. The van der Waals surface area contributed by atoms with Crippen molar-refractivity contribution in [2.45, 2.75) is 6.54 Å². The third-order valence-corrected chi connectivity index (χ3v) is 6.90. The summed E-state index contributed by atoms with van der Waals surface area (Å²) in [4.78, 5) is 21.4. The van der Waals surface area contributed by atoms with Crippen LogP contribution in [0.15, 0.2) is 40.4 Å². The molecule has 9 heteroatoms. The molecule has 1 N–H and O–H groups in total. The molecule has 1 saturated heterocycles. The van der Waals surface area contributed by atoms with E-state index in [1.54, 1.807) is 40.9 Å². The van der Waals surface area contributed by atoms with E-state index in [0.717, 1.165) is 30.3 Å². The molecule has 2 amide bonds. The highest BCUT2D eigenvalue weighted by Gasteiger charge is 2.22. The molecule has 0 unspecified atom stereocenters. The second-order valence-electron chi connectivity index (χ2n) is 6.48. The van der Waals surface area contributed by atoms with Crippen molar-refractivity contribution in [3.05, 3.63) is 56.1 Å². The fourth-order valence-corrected chi connectivity index (χ4v) is 4.83. The topological polar surface area (TPSA) is 48.5 Å². The Bertz CT molecular complexity index is 953. The molecule has 0 saturated carbocycles. The van der Waals surface area contributed by atoms with Crippen molar-refractivity contribution in [3.8, 4) is 10.6 Å². The molecule has 0 radical (unpaired) electrons. The molecule has 2 aromatic heterocycles. The van der Waals surface area contributed by atoms with Gasteiger partial charge in [0, 0.05) is 54.7 Å². The van der Waals surface area contributed by atoms with Crippen molar-refractivity contribution in [1.82, 2.24) is 14.8 Å². The molecule has 0 bridgehead atoms. The molecule has 0 aliphatic carbocycles. The molecule has 146 valence electrons. The number of hydrogen-bond acceptors (Lipinski definition) is 5. The van der Waals surface area contributed by atoms with Gasteiger partial charge < -0.3 is 10.2 Å². The van der Waals surface area contributed by atoms with Crippen LogP contribution in [0.3, 0.4) is 0 Å². The van der Waals surface area contributed by atoms with E-state index in [4.69, 9.17) is 28.2 Å². The van der Waals surface area contributed by atoms with Gasteiger partial charge in [-0.3, -0.25) is 4.90 Å². The number of thiophene rings is 1. The number of urea groups is 1. The quantitative estimate of drug-likeness (QED) is 0.565. The van der Waals surface area contributed by atoms with E-state index in [0.29, 0.717) is 28.8 Å². The van der Waals surface area contributed by atoms with Crippen LogP contribution < -0.4 is 5.32 Å². The van der Waals surface area contributed by atoms with E-state index < -0.39 is 0 Å². The summed E-state index contributed by atoms with van der Waals surface area (Å²) in [5, 5.41) is 11.1. The molecule has 1 aliphatic rings. The van der Waals surface area contributed by atoms with E-state index >= 15 is 0 Å². The first kappa shape index (κ1) is 19.7. The third kappa shape index (κ3) is 4.67. The lowest BCUT2D eigenvalue weighted by Crippen LogP contribution is -2.49. The van der Waals surface area contributed by atoms with Crippen LogP contribution in [-0.4, -0.2) is 47.0 Å². The highest BCUT2D eigenvalue weighted by atomic mass is 35.5. The van der Waals surface area contributed by atoms with Gasteiger partial charge >= 0.3 is 6.03 Å². The zero-order chi connectivity index (χ0) is 19.5. The van der Waals surface area contributed by atoms with Crippen LogP contribution in [0.2, 0.25) is 10.0 Å². The van der Waals surface area contributed by atoms with Crippen molar-refractivity contribution in [3.63, 3.8) is 0 Å². The van der Waals surface area contributed by atoms with Gasteiger partial charge in [0.15, 0.2) is 0 Å². The Balaban J connectivity index is 1.28. The van der Waals surface area contributed by atoms with E-state index in [-0.39, 0.29) is 6.03 Å². The summed E-state index contributed by atoms with van der Waals surface area (Å²) in [6.07, 6.45) is 0. The third-order valence-electron chi connectivity index (χ3n) is 4.54. The summed E-state index contributed by atoms with van der Waals surface area (Å²) in [6, 6.07) is 7.06. The Kier molecular flexibility index (Phi) is 6.18. The fourth-order valence-electron chi connectivity index (χ4n) is 3.01. The summed E-state index contributed by atoms with van der Waals surface area (Å²) in [5.74, 6) is 0.